The fourth-order valence-electron chi connectivity index (χ4n) is 4.61. The Labute approximate surface area is 195 Å². The predicted molar refractivity (Wildman–Crippen MR) is 125 cm³/mol. The monoisotopic (exact) mass is 475 g/mol. The number of fused-ring (bicyclic) bond motifs is 1. The van der Waals surface area contributed by atoms with Gasteiger partial charge in [0.05, 0.1) is 11.4 Å². The number of amides is 2. The molecule has 180 valence electrons. The van der Waals surface area contributed by atoms with Crippen molar-refractivity contribution in [2.75, 3.05) is 45.8 Å². The van der Waals surface area contributed by atoms with Crippen LogP contribution in [-0.4, -0.2) is 92.6 Å². The Morgan fingerprint density at radius 2 is 1.64 bits per heavy atom. The number of hydrogen-bond acceptors (Lipinski definition) is 6. The molecule has 3 aliphatic heterocycles. The highest BCUT2D eigenvalue weighted by Gasteiger charge is 2.35. The zero-order valence-electron chi connectivity index (χ0n) is 19.4. The number of likely N-dealkylation sites (tertiary alicyclic amines) is 1. The standard InChI is InChI=1S/C23H33N5O4S/c1-17(2)21(24-22-18-8-4-5-9-19(18)33(31,32)25-22)23(30)28-14-12-26(13-15-28)16-20(29)27-10-6-3-7-11-27/h4-5,8-9,17,21H,3,6-7,10-16H2,1-2H3,(H,24,25)/t21-/m0/s1. The predicted octanol–water partition coefficient (Wildman–Crippen LogP) is 0.906. The Kier molecular flexibility index (Phi) is 7.04. The summed E-state index contributed by atoms with van der Waals surface area (Å²) in [5, 5.41) is 0. The number of piperidine rings is 1. The van der Waals surface area contributed by atoms with Gasteiger partial charge >= 0.3 is 0 Å². The first-order valence-corrected chi connectivity index (χ1v) is 13.2. The minimum absolute atomic E-state index is 0.0963. The average Bonchev–Trinajstić information content (AvgIpc) is 3.08. The number of benzene rings is 1. The minimum Gasteiger partial charge on any atom is -0.342 e. The van der Waals surface area contributed by atoms with Gasteiger partial charge in [0.2, 0.25) is 11.8 Å². The molecule has 0 aromatic heterocycles. The molecule has 0 saturated carbocycles. The third-order valence-corrected chi connectivity index (χ3v) is 7.96. The molecule has 1 aromatic carbocycles. The number of hydrogen-bond donors (Lipinski definition) is 1. The lowest BCUT2D eigenvalue weighted by atomic mass is 10.0. The van der Waals surface area contributed by atoms with Crippen molar-refractivity contribution in [1.82, 2.24) is 19.4 Å². The first-order chi connectivity index (χ1) is 15.8. The topological polar surface area (TPSA) is 102 Å². The van der Waals surface area contributed by atoms with Crippen molar-refractivity contribution >= 4 is 27.7 Å². The van der Waals surface area contributed by atoms with Gasteiger partial charge in [-0.25, -0.2) is 8.42 Å². The number of aliphatic imine (C=N–C) groups is 1. The van der Waals surface area contributed by atoms with Gasteiger partial charge in [-0.15, -0.1) is 0 Å². The van der Waals surface area contributed by atoms with Crippen LogP contribution in [0.15, 0.2) is 34.2 Å². The molecule has 0 bridgehead atoms. The highest BCUT2D eigenvalue weighted by Crippen LogP contribution is 2.24. The molecule has 1 aromatic rings. The molecule has 9 nitrogen and oxygen atoms in total. The van der Waals surface area contributed by atoms with Gasteiger partial charge in [-0.1, -0.05) is 26.0 Å². The highest BCUT2D eigenvalue weighted by molar-refractivity contribution is 7.90. The SMILES string of the molecule is CC(C)[C@H](N=C1NS(=O)(=O)c2ccccc21)C(=O)N1CCN(CC(=O)N2CCCCC2)CC1. The summed E-state index contributed by atoms with van der Waals surface area (Å²) in [7, 11) is -3.65. The smallest absolute Gasteiger partial charge is 0.263 e. The van der Waals surface area contributed by atoms with Crippen molar-refractivity contribution in [2.24, 2.45) is 10.9 Å². The molecule has 4 rings (SSSR count). The van der Waals surface area contributed by atoms with Crippen LogP contribution in [0.3, 0.4) is 0 Å². The molecule has 10 heteroatoms. The Balaban J connectivity index is 1.40. The maximum Gasteiger partial charge on any atom is 0.263 e. The van der Waals surface area contributed by atoms with Gasteiger partial charge in [-0.2, -0.15) is 0 Å². The number of amidine groups is 1. The molecular formula is C23H33N5O4S. The zero-order valence-corrected chi connectivity index (χ0v) is 20.2. The van der Waals surface area contributed by atoms with E-state index in [1.165, 1.54) is 12.5 Å². The van der Waals surface area contributed by atoms with Gasteiger partial charge in [0.15, 0.2) is 0 Å². The van der Waals surface area contributed by atoms with Crippen molar-refractivity contribution in [2.45, 2.75) is 44.0 Å². The van der Waals surface area contributed by atoms with Gasteiger partial charge in [-0.05, 0) is 37.3 Å². The van der Waals surface area contributed by atoms with E-state index in [4.69, 9.17) is 0 Å². The van der Waals surface area contributed by atoms with E-state index in [2.05, 4.69) is 14.6 Å². The third kappa shape index (κ3) is 5.22. The van der Waals surface area contributed by atoms with E-state index in [0.29, 0.717) is 38.3 Å². The number of piperazine rings is 1. The van der Waals surface area contributed by atoms with Crippen LogP contribution in [0.4, 0.5) is 0 Å². The van der Waals surface area contributed by atoms with E-state index < -0.39 is 16.1 Å². The van der Waals surface area contributed by atoms with Crippen LogP contribution in [0.2, 0.25) is 0 Å². The third-order valence-electron chi connectivity index (χ3n) is 6.57. The van der Waals surface area contributed by atoms with Gasteiger partial charge in [0.25, 0.3) is 10.0 Å². The average molecular weight is 476 g/mol. The molecule has 1 atom stereocenters. The van der Waals surface area contributed by atoms with Gasteiger partial charge in [0, 0.05) is 44.8 Å². The van der Waals surface area contributed by atoms with E-state index in [9.17, 15) is 18.0 Å². The van der Waals surface area contributed by atoms with Crippen LogP contribution in [0.25, 0.3) is 0 Å². The second-order valence-corrected chi connectivity index (χ2v) is 11.0. The Hall–Kier alpha value is -2.46. The lowest BCUT2D eigenvalue weighted by Crippen LogP contribution is -2.54. The van der Waals surface area contributed by atoms with Crippen LogP contribution >= 0.6 is 0 Å². The number of nitrogens with zero attached hydrogens (tertiary/aromatic N) is 4. The first-order valence-electron chi connectivity index (χ1n) is 11.8. The number of carbonyl (C=O) groups excluding carboxylic acids is 2. The van der Waals surface area contributed by atoms with Crippen LogP contribution in [0.5, 0.6) is 0 Å². The molecule has 2 fully saturated rings. The summed E-state index contributed by atoms with van der Waals surface area (Å²) < 4.78 is 27.3. The molecule has 2 amide bonds. The zero-order chi connectivity index (χ0) is 23.6. The summed E-state index contributed by atoms with van der Waals surface area (Å²) in [4.78, 5) is 36.5. The summed E-state index contributed by atoms with van der Waals surface area (Å²) in [6.45, 7) is 8.26. The van der Waals surface area contributed by atoms with E-state index >= 15 is 0 Å². The molecule has 0 unspecified atom stereocenters. The van der Waals surface area contributed by atoms with E-state index in [-0.39, 0.29) is 28.5 Å². The molecule has 3 aliphatic rings. The van der Waals surface area contributed by atoms with Crippen LogP contribution in [-0.2, 0) is 19.6 Å². The van der Waals surface area contributed by atoms with Gasteiger partial charge < -0.3 is 9.80 Å². The Morgan fingerprint density at radius 1 is 0.970 bits per heavy atom. The molecular weight excluding hydrogens is 442 g/mol. The minimum atomic E-state index is -3.65. The lowest BCUT2D eigenvalue weighted by Gasteiger charge is -2.37. The van der Waals surface area contributed by atoms with Crippen LogP contribution in [0.1, 0.15) is 38.7 Å². The first kappa shape index (κ1) is 23.7. The van der Waals surface area contributed by atoms with Crippen molar-refractivity contribution < 1.29 is 18.0 Å². The molecule has 1 N–H and O–H groups in total. The van der Waals surface area contributed by atoms with Gasteiger partial charge in [-0.3, -0.25) is 24.2 Å². The van der Waals surface area contributed by atoms with Gasteiger partial charge in [0.1, 0.15) is 11.9 Å². The van der Waals surface area contributed by atoms with E-state index in [1.54, 1.807) is 23.1 Å². The largest absolute Gasteiger partial charge is 0.342 e. The second-order valence-electron chi connectivity index (χ2n) is 9.31. The van der Waals surface area contributed by atoms with E-state index in [0.717, 1.165) is 25.9 Å². The maximum atomic E-state index is 13.3. The summed E-state index contributed by atoms with van der Waals surface area (Å²) in [6, 6.07) is 5.98. The summed E-state index contributed by atoms with van der Waals surface area (Å²) in [5.41, 5.74) is 0.497. The molecule has 0 radical (unpaired) electrons. The Bertz CT molecular complexity index is 1030. The van der Waals surface area contributed by atoms with Crippen LogP contribution in [0, 0.1) is 5.92 Å². The molecule has 33 heavy (non-hydrogen) atoms. The number of nitrogens with one attached hydrogen (secondary N) is 1. The van der Waals surface area contributed by atoms with Crippen molar-refractivity contribution in [3.63, 3.8) is 0 Å². The number of sulfonamides is 1. The summed E-state index contributed by atoms with van der Waals surface area (Å²) >= 11 is 0. The van der Waals surface area contributed by atoms with Crippen LogP contribution < -0.4 is 4.72 Å². The second kappa shape index (κ2) is 9.80. The summed E-state index contributed by atoms with van der Waals surface area (Å²) in [5.74, 6) is 0.195. The Morgan fingerprint density at radius 3 is 2.30 bits per heavy atom. The van der Waals surface area contributed by atoms with Crippen molar-refractivity contribution in [3.05, 3.63) is 29.8 Å². The molecule has 0 spiro atoms. The van der Waals surface area contributed by atoms with Crippen molar-refractivity contribution in [3.8, 4) is 0 Å². The maximum absolute atomic E-state index is 13.3. The molecule has 3 heterocycles. The lowest BCUT2D eigenvalue weighted by molar-refractivity contribution is -0.136. The number of carbonyl (C=O) groups is 2. The normalized spacial score (nSPS) is 22.8. The summed E-state index contributed by atoms with van der Waals surface area (Å²) in [6.07, 6.45) is 3.35. The highest BCUT2D eigenvalue weighted by atomic mass is 32.2. The molecule has 0 aliphatic carbocycles. The van der Waals surface area contributed by atoms with E-state index in [1.807, 2.05) is 18.7 Å². The number of rotatable bonds is 5. The quantitative estimate of drug-likeness (QED) is 0.682. The molecule has 2 saturated heterocycles. The fraction of sp³-hybridized carbons (Fsp3) is 0.609. The van der Waals surface area contributed by atoms with Crippen molar-refractivity contribution in [1.29, 1.82) is 0 Å². The fourth-order valence-corrected chi connectivity index (χ4v) is 5.85.